The highest BCUT2D eigenvalue weighted by Gasteiger charge is 2.37. The van der Waals surface area contributed by atoms with Gasteiger partial charge in [0.05, 0.1) is 0 Å². The van der Waals surface area contributed by atoms with E-state index >= 15 is 0 Å². The standard InChI is InChI=1S/C15H16ClNO/c1-15(6-2-3-7-15)14(18)12-9-17-13-5-4-10(16)8-11(12)13/h4-5,8-9,17H,2-3,6-7H2,1H3. The smallest absolute Gasteiger partial charge is 0.170 e. The van der Waals surface area contributed by atoms with Crippen LogP contribution in [0.4, 0.5) is 0 Å². The van der Waals surface area contributed by atoms with Crippen LogP contribution in [-0.2, 0) is 0 Å². The highest BCUT2D eigenvalue weighted by Crippen LogP contribution is 2.41. The van der Waals surface area contributed by atoms with Crippen LogP contribution in [-0.4, -0.2) is 10.8 Å². The fraction of sp³-hybridized carbons (Fsp3) is 0.400. The van der Waals surface area contributed by atoms with Crippen LogP contribution in [0, 0.1) is 5.41 Å². The molecule has 1 saturated carbocycles. The minimum absolute atomic E-state index is 0.183. The summed E-state index contributed by atoms with van der Waals surface area (Å²) in [7, 11) is 0. The van der Waals surface area contributed by atoms with E-state index in [9.17, 15) is 4.79 Å². The lowest BCUT2D eigenvalue weighted by molar-refractivity contribution is 0.0825. The summed E-state index contributed by atoms with van der Waals surface area (Å²) in [5.74, 6) is 0.258. The normalized spacial score (nSPS) is 18.3. The maximum absolute atomic E-state index is 12.7. The Morgan fingerprint density at radius 3 is 2.78 bits per heavy atom. The number of carbonyl (C=O) groups excluding carboxylic acids is 1. The Hall–Kier alpha value is -1.28. The average molecular weight is 262 g/mol. The molecule has 18 heavy (non-hydrogen) atoms. The Labute approximate surface area is 111 Å². The van der Waals surface area contributed by atoms with Gasteiger partial charge in [0.2, 0.25) is 0 Å². The molecule has 1 aliphatic rings. The summed E-state index contributed by atoms with van der Waals surface area (Å²) in [6.07, 6.45) is 6.14. The predicted molar refractivity (Wildman–Crippen MR) is 74.2 cm³/mol. The van der Waals surface area contributed by atoms with E-state index in [0.29, 0.717) is 5.02 Å². The second-order valence-electron chi connectivity index (χ2n) is 5.49. The number of aromatic amines is 1. The van der Waals surface area contributed by atoms with Crippen molar-refractivity contribution in [3.63, 3.8) is 0 Å². The lowest BCUT2D eigenvalue weighted by Gasteiger charge is -2.21. The Bertz CT molecular complexity index is 608. The van der Waals surface area contributed by atoms with E-state index < -0.39 is 0 Å². The van der Waals surface area contributed by atoms with E-state index in [1.165, 1.54) is 0 Å². The Morgan fingerprint density at radius 2 is 2.06 bits per heavy atom. The number of carbonyl (C=O) groups is 1. The average Bonchev–Trinajstić information content (AvgIpc) is 2.95. The largest absolute Gasteiger partial charge is 0.360 e. The highest BCUT2D eigenvalue weighted by atomic mass is 35.5. The molecular weight excluding hydrogens is 246 g/mol. The van der Waals surface area contributed by atoms with Crippen LogP contribution in [0.15, 0.2) is 24.4 Å². The number of ketones is 1. The maximum atomic E-state index is 12.7. The molecule has 3 heteroatoms. The van der Waals surface area contributed by atoms with Crippen LogP contribution < -0.4 is 0 Å². The highest BCUT2D eigenvalue weighted by molar-refractivity contribution is 6.31. The Balaban J connectivity index is 2.09. The molecule has 0 saturated heterocycles. The van der Waals surface area contributed by atoms with Gasteiger partial charge in [0, 0.05) is 33.1 Å². The van der Waals surface area contributed by atoms with Gasteiger partial charge >= 0.3 is 0 Å². The predicted octanol–water partition coefficient (Wildman–Crippen LogP) is 4.58. The minimum atomic E-state index is -0.183. The molecule has 1 heterocycles. The van der Waals surface area contributed by atoms with Gasteiger partial charge in [-0.1, -0.05) is 31.4 Å². The summed E-state index contributed by atoms with van der Waals surface area (Å²) in [4.78, 5) is 15.8. The first-order valence-corrected chi connectivity index (χ1v) is 6.79. The lowest BCUT2D eigenvalue weighted by atomic mass is 9.81. The molecule has 0 spiro atoms. The summed E-state index contributed by atoms with van der Waals surface area (Å²) in [6.45, 7) is 2.09. The van der Waals surface area contributed by atoms with Crippen molar-refractivity contribution in [2.45, 2.75) is 32.6 Å². The SMILES string of the molecule is CC1(C(=O)c2c[nH]c3ccc(Cl)cc23)CCCC1. The van der Waals surface area contributed by atoms with E-state index in [2.05, 4.69) is 11.9 Å². The van der Waals surface area contributed by atoms with Gasteiger partial charge in [-0.15, -0.1) is 0 Å². The Kier molecular flexibility index (Phi) is 2.70. The van der Waals surface area contributed by atoms with Crippen molar-refractivity contribution in [2.24, 2.45) is 5.41 Å². The number of H-pyrrole nitrogens is 1. The maximum Gasteiger partial charge on any atom is 0.170 e. The summed E-state index contributed by atoms with van der Waals surface area (Å²) >= 11 is 6.02. The molecule has 1 N–H and O–H groups in total. The molecule has 0 atom stereocenters. The monoisotopic (exact) mass is 261 g/mol. The van der Waals surface area contributed by atoms with Crippen molar-refractivity contribution in [3.05, 3.63) is 35.0 Å². The number of fused-ring (bicyclic) bond motifs is 1. The van der Waals surface area contributed by atoms with Crippen LogP contribution in [0.2, 0.25) is 5.02 Å². The third-order valence-electron chi connectivity index (χ3n) is 4.14. The second kappa shape index (κ2) is 4.13. The number of benzene rings is 1. The van der Waals surface area contributed by atoms with Gasteiger partial charge < -0.3 is 4.98 Å². The molecule has 1 fully saturated rings. The fourth-order valence-corrected chi connectivity index (χ4v) is 3.16. The number of Topliss-reactive ketones (excluding diaryl/α,β-unsaturated/α-hetero) is 1. The molecule has 0 bridgehead atoms. The van der Waals surface area contributed by atoms with Crippen molar-refractivity contribution < 1.29 is 4.79 Å². The van der Waals surface area contributed by atoms with E-state index in [-0.39, 0.29) is 11.2 Å². The molecule has 3 rings (SSSR count). The van der Waals surface area contributed by atoms with Crippen LogP contribution in [0.1, 0.15) is 43.0 Å². The van der Waals surface area contributed by atoms with Gasteiger partial charge in [-0.05, 0) is 31.0 Å². The van der Waals surface area contributed by atoms with E-state index in [1.54, 1.807) is 0 Å². The van der Waals surface area contributed by atoms with Gasteiger partial charge in [0.1, 0.15) is 0 Å². The number of rotatable bonds is 2. The number of nitrogens with one attached hydrogen (secondary N) is 1. The van der Waals surface area contributed by atoms with Gasteiger partial charge in [-0.3, -0.25) is 4.79 Å². The molecular formula is C15H16ClNO. The van der Waals surface area contributed by atoms with Crippen LogP contribution in [0.5, 0.6) is 0 Å². The first kappa shape index (κ1) is 11.8. The first-order valence-electron chi connectivity index (χ1n) is 6.42. The zero-order chi connectivity index (χ0) is 12.8. The van der Waals surface area contributed by atoms with Gasteiger partial charge in [-0.2, -0.15) is 0 Å². The molecule has 1 aromatic carbocycles. The molecule has 0 unspecified atom stereocenters. The summed E-state index contributed by atoms with van der Waals surface area (Å²) < 4.78 is 0. The van der Waals surface area contributed by atoms with Crippen molar-refractivity contribution >= 4 is 28.3 Å². The summed E-state index contributed by atoms with van der Waals surface area (Å²) in [5, 5.41) is 1.62. The number of aromatic nitrogens is 1. The van der Waals surface area contributed by atoms with Crippen molar-refractivity contribution in [3.8, 4) is 0 Å². The zero-order valence-electron chi connectivity index (χ0n) is 10.4. The number of hydrogen-bond donors (Lipinski definition) is 1. The molecule has 94 valence electrons. The van der Waals surface area contributed by atoms with E-state index in [4.69, 9.17) is 11.6 Å². The summed E-state index contributed by atoms with van der Waals surface area (Å²) in [5.41, 5.74) is 1.58. The lowest BCUT2D eigenvalue weighted by Crippen LogP contribution is -2.24. The molecule has 1 aliphatic carbocycles. The topological polar surface area (TPSA) is 32.9 Å². The quantitative estimate of drug-likeness (QED) is 0.789. The number of halogens is 1. The second-order valence-corrected chi connectivity index (χ2v) is 5.93. The molecule has 2 nitrogen and oxygen atoms in total. The minimum Gasteiger partial charge on any atom is -0.360 e. The molecule has 0 aliphatic heterocycles. The van der Waals surface area contributed by atoms with Crippen molar-refractivity contribution in [1.29, 1.82) is 0 Å². The van der Waals surface area contributed by atoms with Gasteiger partial charge in [0.15, 0.2) is 5.78 Å². The van der Waals surface area contributed by atoms with Crippen LogP contribution >= 0.6 is 11.6 Å². The first-order chi connectivity index (χ1) is 8.60. The third-order valence-corrected chi connectivity index (χ3v) is 4.38. The summed E-state index contributed by atoms with van der Waals surface area (Å²) in [6, 6.07) is 5.64. The van der Waals surface area contributed by atoms with Crippen LogP contribution in [0.25, 0.3) is 10.9 Å². The van der Waals surface area contributed by atoms with Gasteiger partial charge in [-0.25, -0.2) is 0 Å². The van der Waals surface area contributed by atoms with Gasteiger partial charge in [0.25, 0.3) is 0 Å². The van der Waals surface area contributed by atoms with Crippen molar-refractivity contribution in [1.82, 2.24) is 4.98 Å². The van der Waals surface area contributed by atoms with Crippen LogP contribution in [0.3, 0.4) is 0 Å². The fourth-order valence-electron chi connectivity index (χ4n) is 2.99. The molecule has 2 aromatic rings. The molecule has 1 aromatic heterocycles. The number of hydrogen-bond acceptors (Lipinski definition) is 1. The van der Waals surface area contributed by atoms with E-state index in [1.807, 2.05) is 24.4 Å². The molecule has 0 radical (unpaired) electrons. The Morgan fingerprint density at radius 1 is 1.33 bits per heavy atom. The third kappa shape index (κ3) is 1.76. The van der Waals surface area contributed by atoms with Crippen molar-refractivity contribution in [2.75, 3.05) is 0 Å². The van der Waals surface area contributed by atoms with E-state index in [0.717, 1.165) is 42.1 Å². The molecule has 0 amide bonds. The zero-order valence-corrected chi connectivity index (χ0v) is 11.2.